The minimum atomic E-state index is 0.926. The summed E-state index contributed by atoms with van der Waals surface area (Å²) in [6, 6.07) is 62.5. The van der Waals surface area contributed by atoms with Gasteiger partial charge in [0.05, 0.1) is 22.1 Å². The maximum absolute atomic E-state index is 5.14. The molecule has 0 unspecified atom stereocenters. The molecule has 0 radical (unpaired) electrons. The topological polar surface area (TPSA) is 26.0 Å². The molecule has 2 heterocycles. The van der Waals surface area contributed by atoms with E-state index in [9.17, 15) is 0 Å². The van der Waals surface area contributed by atoms with Gasteiger partial charge in [0.1, 0.15) is 5.82 Å². The van der Waals surface area contributed by atoms with Crippen molar-refractivity contribution in [2.45, 2.75) is 6.92 Å². The summed E-state index contributed by atoms with van der Waals surface area (Å²) in [4.78, 5) is 7.44. The van der Waals surface area contributed by atoms with E-state index in [1.54, 1.807) is 0 Å². The zero-order valence-corrected chi connectivity index (χ0v) is 26.5. The number of imidazole rings is 1. The van der Waals surface area contributed by atoms with Crippen LogP contribution in [0.2, 0.25) is 0 Å². The number of hydrogen-bond donors (Lipinski definition) is 0. The van der Waals surface area contributed by atoms with E-state index in [0.717, 1.165) is 50.9 Å². The number of aromatic nitrogens is 3. The van der Waals surface area contributed by atoms with Gasteiger partial charge in [-0.15, -0.1) is 0 Å². The zero-order valence-electron chi connectivity index (χ0n) is 26.5. The third-order valence-corrected chi connectivity index (χ3v) is 9.17. The van der Waals surface area contributed by atoms with Gasteiger partial charge in [-0.1, -0.05) is 78.9 Å². The molecule has 0 aliphatic heterocycles. The number of nitrogens with zero attached hydrogens (tertiary/aromatic N) is 4. The molecule has 0 bridgehead atoms. The van der Waals surface area contributed by atoms with Crippen LogP contribution in [-0.2, 0) is 0 Å². The van der Waals surface area contributed by atoms with Crippen molar-refractivity contribution in [2.75, 3.05) is 4.90 Å². The van der Waals surface area contributed by atoms with Crippen molar-refractivity contribution in [1.29, 1.82) is 0 Å². The van der Waals surface area contributed by atoms with Gasteiger partial charge in [-0.3, -0.25) is 4.57 Å². The Morgan fingerprint density at radius 3 is 1.60 bits per heavy atom. The van der Waals surface area contributed by atoms with Crippen LogP contribution in [0.4, 0.5) is 17.1 Å². The Kier molecular flexibility index (Phi) is 6.65. The van der Waals surface area contributed by atoms with Crippen LogP contribution in [0.15, 0.2) is 176 Å². The monoisotopic (exact) mass is 616 g/mol. The predicted octanol–water partition coefficient (Wildman–Crippen LogP) is 11.6. The fourth-order valence-electron chi connectivity index (χ4n) is 6.96. The number of para-hydroxylation sites is 4. The van der Waals surface area contributed by atoms with E-state index in [4.69, 9.17) is 4.98 Å². The van der Waals surface area contributed by atoms with E-state index in [0.29, 0.717) is 0 Å². The highest BCUT2D eigenvalue weighted by atomic mass is 15.1. The van der Waals surface area contributed by atoms with Gasteiger partial charge in [-0.2, -0.15) is 0 Å². The summed E-state index contributed by atoms with van der Waals surface area (Å²) in [7, 11) is 0. The fourth-order valence-corrected chi connectivity index (χ4v) is 6.96. The molecule has 0 aliphatic carbocycles. The quantitative estimate of drug-likeness (QED) is 0.186. The van der Waals surface area contributed by atoms with Crippen LogP contribution >= 0.6 is 0 Å². The average molecular weight is 617 g/mol. The molecule has 0 amide bonds. The molecular weight excluding hydrogens is 585 g/mol. The largest absolute Gasteiger partial charge is 0.311 e. The van der Waals surface area contributed by atoms with Crippen LogP contribution < -0.4 is 4.90 Å². The van der Waals surface area contributed by atoms with E-state index >= 15 is 0 Å². The summed E-state index contributed by atoms with van der Waals surface area (Å²) in [6.07, 6.45) is 0. The number of aryl methyl sites for hydroxylation is 1. The molecule has 0 spiro atoms. The van der Waals surface area contributed by atoms with E-state index in [2.05, 4.69) is 197 Å². The van der Waals surface area contributed by atoms with Crippen molar-refractivity contribution in [3.05, 3.63) is 181 Å². The lowest BCUT2D eigenvalue weighted by molar-refractivity contribution is 1.10. The first-order chi connectivity index (χ1) is 23.7. The first-order valence-electron chi connectivity index (χ1n) is 16.3. The Morgan fingerprint density at radius 2 is 0.958 bits per heavy atom. The van der Waals surface area contributed by atoms with Gasteiger partial charge in [0.15, 0.2) is 0 Å². The maximum atomic E-state index is 5.14. The Labute approximate surface area is 279 Å². The van der Waals surface area contributed by atoms with Gasteiger partial charge in [-0.05, 0) is 110 Å². The van der Waals surface area contributed by atoms with Crippen LogP contribution in [0.25, 0.3) is 55.6 Å². The smallest absolute Gasteiger partial charge is 0.145 e. The van der Waals surface area contributed by atoms with Crippen LogP contribution in [-0.4, -0.2) is 14.1 Å². The molecule has 0 aliphatic rings. The molecule has 0 N–H and O–H groups in total. The third kappa shape index (κ3) is 4.66. The highest BCUT2D eigenvalue weighted by Gasteiger charge is 2.18. The zero-order chi connectivity index (χ0) is 32.0. The summed E-state index contributed by atoms with van der Waals surface area (Å²) >= 11 is 0. The number of hydrogen-bond acceptors (Lipinski definition) is 2. The Morgan fingerprint density at radius 1 is 0.438 bits per heavy atom. The molecule has 2 aromatic heterocycles. The van der Waals surface area contributed by atoms with Crippen molar-refractivity contribution in [3.8, 4) is 22.8 Å². The Bertz CT molecular complexity index is 2490. The van der Waals surface area contributed by atoms with E-state index in [-0.39, 0.29) is 0 Å². The minimum Gasteiger partial charge on any atom is -0.311 e. The molecule has 4 nitrogen and oxygen atoms in total. The molecule has 0 atom stereocenters. The Hall–Kier alpha value is -6.39. The molecule has 9 aromatic rings. The number of anilines is 3. The summed E-state index contributed by atoms with van der Waals surface area (Å²) < 4.78 is 4.61. The van der Waals surface area contributed by atoms with Gasteiger partial charge >= 0.3 is 0 Å². The second-order valence-electron chi connectivity index (χ2n) is 12.2. The molecule has 228 valence electrons. The summed E-state index contributed by atoms with van der Waals surface area (Å²) in [5.41, 5.74) is 12.3. The molecule has 0 fully saturated rings. The van der Waals surface area contributed by atoms with Crippen LogP contribution in [0, 0.1) is 6.92 Å². The highest BCUT2D eigenvalue weighted by Crippen LogP contribution is 2.38. The molecule has 0 saturated heterocycles. The summed E-state index contributed by atoms with van der Waals surface area (Å²) in [5.74, 6) is 0.926. The minimum absolute atomic E-state index is 0.926. The lowest BCUT2D eigenvalue weighted by atomic mass is 10.1. The molecule has 0 saturated carbocycles. The van der Waals surface area contributed by atoms with Gasteiger partial charge in [-0.25, -0.2) is 4.98 Å². The normalized spacial score (nSPS) is 11.4. The van der Waals surface area contributed by atoms with Gasteiger partial charge in [0, 0.05) is 44.8 Å². The molecular formula is C44H32N4. The van der Waals surface area contributed by atoms with E-state index in [1.165, 1.54) is 27.4 Å². The second-order valence-corrected chi connectivity index (χ2v) is 12.2. The van der Waals surface area contributed by atoms with Crippen molar-refractivity contribution in [1.82, 2.24) is 14.1 Å². The van der Waals surface area contributed by atoms with Gasteiger partial charge < -0.3 is 9.47 Å². The Balaban J connectivity index is 1.13. The van der Waals surface area contributed by atoms with Crippen LogP contribution in [0.1, 0.15) is 5.56 Å². The van der Waals surface area contributed by atoms with E-state index in [1.807, 2.05) is 0 Å². The highest BCUT2D eigenvalue weighted by molar-refractivity contribution is 6.09. The third-order valence-electron chi connectivity index (χ3n) is 9.17. The maximum Gasteiger partial charge on any atom is 0.145 e. The molecule has 48 heavy (non-hydrogen) atoms. The lowest BCUT2D eigenvalue weighted by Crippen LogP contribution is -2.10. The number of rotatable bonds is 6. The van der Waals surface area contributed by atoms with Gasteiger partial charge in [0.2, 0.25) is 0 Å². The van der Waals surface area contributed by atoms with Crippen LogP contribution in [0.3, 0.4) is 0 Å². The molecule has 7 aromatic carbocycles. The number of benzene rings is 7. The molecule has 4 heteroatoms. The standard InChI is InChI=1S/C44H32N4/c1-31-20-29-43-40(30-31)45-44(48(43)34-14-6-3-7-15-34)32-21-23-35(24-22-32)46(33-12-4-2-5-13-33)36-25-27-37(28-26-36)47-41-18-10-8-16-38(41)39-17-9-11-19-42(39)47/h2-30H,1H3. The van der Waals surface area contributed by atoms with E-state index < -0.39 is 0 Å². The second kappa shape index (κ2) is 11.4. The van der Waals surface area contributed by atoms with Crippen molar-refractivity contribution in [3.63, 3.8) is 0 Å². The van der Waals surface area contributed by atoms with Crippen molar-refractivity contribution in [2.24, 2.45) is 0 Å². The molecule has 9 rings (SSSR count). The summed E-state index contributed by atoms with van der Waals surface area (Å²) in [6.45, 7) is 2.11. The van der Waals surface area contributed by atoms with Gasteiger partial charge in [0.25, 0.3) is 0 Å². The fraction of sp³-hybridized carbons (Fsp3) is 0.0227. The van der Waals surface area contributed by atoms with Crippen molar-refractivity contribution < 1.29 is 0 Å². The first-order valence-corrected chi connectivity index (χ1v) is 16.3. The van der Waals surface area contributed by atoms with Crippen molar-refractivity contribution >= 4 is 49.9 Å². The van der Waals surface area contributed by atoms with Crippen LogP contribution in [0.5, 0.6) is 0 Å². The average Bonchev–Trinajstić information content (AvgIpc) is 3.69. The SMILES string of the molecule is Cc1ccc2c(c1)nc(-c1ccc(N(c3ccccc3)c3ccc(-n4c5ccccc5c5ccccc54)cc3)cc1)n2-c1ccccc1. The predicted molar refractivity (Wildman–Crippen MR) is 200 cm³/mol. The first kappa shape index (κ1) is 27.9. The summed E-state index contributed by atoms with van der Waals surface area (Å²) in [5, 5.41) is 2.53. The lowest BCUT2D eigenvalue weighted by Gasteiger charge is -2.26. The number of fused-ring (bicyclic) bond motifs is 4.